The summed E-state index contributed by atoms with van der Waals surface area (Å²) in [5.74, 6) is -0.0924. The van der Waals surface area contributed by atoms with Crippen molar-refractivity contribution in [2.75, 3.05) is 6.61 Å². The maximum atomic E-state index is 11.7. The van der Waals surface area contributed by atoms with Gasteiger partial charge in [-0.05, 0) is 15.9 Å². The highest BCUT2D eigenvalue weighted by molar-refractivity contribution is 9.10. The fourth-order valence-electron chi connectivity index (χ4n) is 0.574. The van der Waals surface area contributed by atoms with Crippen molar-refractivity contribution >= 4 is 27.5 Å². The highest BCUT2D eigenvalue weighted by Gasteiger charge is 2.09. The first-order valence-corrected chi connectivity index (χ1v) is 4.35. The van der Waals surface area contributed by atoms with Gasteiger partial charge in [0.25, 0.3) is 12.3 Å². The summed E-state index contributed by atoms with van der Waals surface area (Å²) in [4.78, 5) is 7.35. The van der Waals surface area contributed by atoms with Crippen LogP contribution in [0.3, 0.4) is 0 Å². The largest absolute Gasteiger partial charge is 0.469 e. The SMILES string of the molecule is FC(F)COc1ncc(Br)nc1Cl. The Morgan fingerprint density at radius 2 is 2.31 bits per heavy atom. The molecule has 0 unspecified atom stereocenters. The second-order valence-corrected chi connectivity index (χ2v) is 3.16. The molecule has 0 N–H and O–H groups in total. The molecule has 0 bridgehead atoms. The molecule has 13 heavy (non-hydrogen) atoms. The molecule has 0 aliphatic heterocycles. The minimum Gasteiger partial charge on any atom is -0.469 e. The Morgan fingerprint density at radius 3 is 2.85 bits per heavy atom. The van der Waals surface area contributed by atoms with Crippen LogP contribution in [0.4, 0.5) is 8.78 Å². The molecule has 1 rings (SSSR count). The minimum absolute atomic E-state index is 0.0463. The maximum absolute atomic E-state index is 11.7. The summed E-state index contributed by atoms with van der Waals surface area (Å²) >= 11 is 8.55. The molecule has 3 nitrogen and oxygen atoms in total. The number of aromatic nitrogens is 2. The number of rotatable bonds is 3. The van der Waals surface area contributed by atoms with Gasteiger partial charge in [-0.2, -0.15) is 0 Å². The Morgan fingerprint density at radius 1 is 1.62 bits per heavy atom. The van der Waals surface area contributed by atoms with Crippen molar-refractivity contribution in [2.45, 2.75) is 6.43 Å². The van der Waals surface area contributed by atoms with E-state index in [-0.39, 0.29) is 11.0 Å². The molecule has 0 radical (unpaired) electrons. The molecule has 1 aromatic rings. The fraction of sp³-hybridized carbons (Fsp3) is 0.333. The van der Waals surface area contributed by atoms with Crippen molar-refractivity contribution in [3.8, 4) is 5.88 Å². The van der Waals surface area contributed by atoms with Gasteiger partial charge in [-0.25, -0.2) is 18.7 Å². The standard InChI is InChI=1S/C6H4BrClF2N2O/c7-3-1-11-6(5(8)12-3)13-2-4(9)10/h1,4H,2H2. The molecule has 1 aromatic heterocycles. The summed E-state index contributed by atoms with van der Waals surface area (Å²) in [6.45, 7) is -0.740. The van der Waals surface area contributed by atoms with Gasteiger partial charge in [0.1, 0.15) is 4.60 Å². The van der Waals surface area contributed by atoms with Gasteiger partial charge in [-0.1, -0.05) is 11.6 Å². The van der Waals surface area contributed by atoms with Crippen LogP contribution in [-0.4, -0.2) is 23.0 Å². The van der Waals surface area contributed by atoms with E-state index in [2.05, 4.69) is 30.6 Å². The molecule has 0 aliphatic rings. The molecular weight excluding hydrogens is 269 g/mol. The van der Waals surface area contributed by atoms with Crippen LogP contribution in [0.1, 0.15) is 0 Å². The van der Waals surface area contributed by atoms with E-state index >= 15 is 0 Å². The van der Waals surface area contributed by atoms with Gasteiger partial charge in [-0.15, -0.1) is 0 Å². The Labute approximate surface area is 86.2 Å². The van der Waals surface area contributed by atoms with Crippen molar-refractivity contribution in [3.63, 3.8) is 0 Å². The predicted molar refractivity (Wildman–Crippen MR) is 46.2 cm³/mol. The zero-order chi connectivity index (χ0) is 9.84. The van der Waals surface area contributed by atoms with Gasteiger partial charge in [0.05, 0.1) is 6.20 Å². The number of ether oxygens (including phenoxy) is 1. The molecule has 0 aliphatic carbocycles. The van der Waals surface area contributed by atoms with Crippen LogP contribution in [0.5, 0.6) is 5.88 Å². The first-order valence-electron chi connectivity index (χ1n) is 3.18. The summed E-state index contributed by atoms with van der Waals surface area (Å²) in [6, 6.07) is 0. The lowest BCUT2D eigenvalue weighted by atomic mass is 10.7. The summed E-state index contributed by atoms with van der Waals surface area (Å²) in [5, 5.41) is -0.0463. The topological polar surface area (TPSA) is 35.0 Å². The van der Waals surface area contributed by atoms with Crippen molar-refractivity contribution in [3.05, 3.63) is 16.0 Å². The third-order valence-corrected chi connectivity index (χ3v) is 1.64. The van der Waals surface area contributed by atoms with Crippen LogP contribution in [0, 0.1) is 0 Å². The summed E-state index contributed by atoms with van der Waals surface area (Å²) < 4.78 is 28.4. The van der Waals surface area contributed by atoms with Gasteiger partial charge < -0.3 is 4.74 Å². The molecule has 0 fully saturated rings. The van der Waals surface area contributed by atoms with E-state index in [0.717, 1.165) is 0 Å². The summed E-state index contributed by atoms with van der Waals surface area (Å²) in [7, 11) is 0. The van der Waals surface area contributed by atoms with Gasteiger partial charge in [0, 0.05) is 0 Å². The second kappa shape index (κ2) is 4.66. The van der Waals surface area contributed by atoms with Crippen molar-refractivity contribution in [2.24, 2.45) is 0 Å². The highest BCUT2D eigenvalue weighted by Crippen LogP contribution is 2.20. The number of nitrogens with zero attached hydrogens (tertiary/aromatic N) is 2. The highest BCUT2D eigenvalue weighted by atomic mass is 79.9. The van der Waals surface area contributed by atoms with Crippen LogP contribution < -0.4 is 4.74 Å². The number of hydrogen-bond acceptors (Lipinski definition) is 3. The molecule has 0 aromatic carbocycles. The predicted octanol–water partition coefficient (Wildman–Crippen LogP) is 2.54. The van der Waals surface area contributed by atoms with Crippen LogP contribution in [0.15, 0.2) is 10.8 Å². The molecule has 0 saturated carbocycles. The van der Waals surface area contributed by atoms with E-state index in [9.17, 15) is 8.78 Å². The molecule has 7 heteroatoms. The lowest BCUT2D eigenvalue weighted by Gasteiger charge is -2.04. The zero-order valence-electron chi connectivity index (χ0n) is 6.18. The Kier molecular flexibility index (Phi) is 3.80. The summed E-state index contributed by atoms with van der Waals surface area (Å²) in [6.07, 6.45) is -1.24. The molecule has 0 amide bonds. The van der Waals surface area contributed by atoms with Crippen LogP contribution in [-0.2, 0) is 0 Å². The van der Waals surface area contributed by atoms with E-state index in [4.69, 9.17) is 11.6 Å². The molecule has 72 valence electrons. The minimum atomic E-state index is -2.55. The van der Waals surface area contributed by atoms with Crippen molar-refractivity contribution in [1.82, 2.24) is 9.97 Å². The molecule has 0 saturated heterocycles. The van der Waals surface area contributed by atoms with E-state index in [1.54, 1.807) is 0 Å². The van der Waals surface area contributed by atoms with E-state index in [1.165, 1.54) is 6.20 Å². The maximum Gasteiger partial charge on any atom is 0.272 e. The van der Waals surface area contributed by atoms with Crippen molar-refractivity contribution in [1.29, 1.82) is 0 Å². The number of halogens is 4. The van der Waals surface area contributed by atoms with Gasteiger partial charge in [-0.3, -0.25) is 0 Å². The second-order valence-electron chi connectivity index (χ2n) is 1.99. The smallest absolute Gasteiger partial charge is 0.272 e. The third kappa shape index (κ3) is 3.40. The molecule has 1 heterocycles. The first kappa shape index (κ1) is 10.6. The Bertz CT molecular complexity index is 300. The normalized spacial score (nSPS) is 10.5. The van der Waals surface area contributed by atoms with Gasteiger partial charge in [0.15, 0.2) is 11.8 Å². The average Bonchev–Trinajstić information content (AvgIpc) is 2.02. The van der Waals surface area contributed by atoms with Gasteiger partial charge >= 0.3 is 0 Å². The van der Waals surface area contributed by atoms with Crippen LogP contribution in [0.25, 0.3) is 0 Å². The average molecular weight is 273 g/mol. The van der Waals surface area contributed by atoms with Crippen LogP contribution in [0.2, 0.25) is 5.15 Å². The number of hydrogen-bond donors (Lipinski definition) is 0. The van der Waals surface area contributed by atoms with Crippen LogP contribution >= 0.6 is 27.5 Å². The lowest BCUT2D eigenvalue weighted by molar-refractivity contribution is 0.0794. The molecule has 0 spiro atoms. The quantitative estimate of drug-likeness (QED) is 0.849. The third-order valence-electron chi connectivity index (χ3n) is 1.02. The first-order chi connectivity index (χ1) is 6.09. The zero-order valence-corrected chi connectivity index (χ0v) is 8.52. The number of alkyl halides is 2. The van der Waals surface area contributed by atoms with E-state index in [0.29, 0.717) is 4.60 Å². The Balaban J connectivity index is 2.67. The van der Waals surface area contributed by atoms with Crippen molar-refractivity contribution < 1.29 is 13.5 Å². The van der Waals surface area contributed by atoms with Gasteiger partial charge in [0.2, 0.25) is 0 Å². The Hall–Kier alpha value is -0.490. The monoisotopic (exact) mass is 272 g/mol. The molecular formula is C6H4BrClF2N2O. The molecule has 0 atom stereocenters. The van der Waals surface area contributed by atoms with E-state index < -0.39 is 13.0 Å². The lowest BCUT2D eigenvalue weighted by Crippen LogP contribution is -2.08. The fourth-order valence-corrected chi connectivity index (χ4v) is 1.15. The van der Waals surface area contributed by atoms with E-state index in [1.807, 2.05) is 0 Å². The summed E-state index contributed by atoms with van der Waals surface area (Å²) in [5.41, 5.74) is 0.